The third-order valence-electron chi connectivity index (χ3n) is 1.84. The second kappa shape index (κ2) is 4.80. The lowest BCUT2D eigenvalue weighted by Gasteiger charge is -2.05. The molecule has 0 fully saturated rings. The van der Waals surface area contributed by atoms with Gasteiger partial charge in [-0.1, -0.05) is 15.9 Å². The molecule has 0 saturated heterocycles. The van der Waals surface area contributed by atoms with Gasteiger partial charge in [0.1, 0.15) is 6.61 Å². The van der Waals surface area contributed by atoms with E-state index in [2.05, 4.69) is 20.9 Å². The second-order valence-electron chi connectivity index (χ2n) is 3.04. The van der Waals surface area contributed by atoms with Crippen molar-refractivity contribution < 1.29 is 9.13 Å². The Kier molecular flexibility index (Phi) is 3.40. The summed E-state index contributed by atoms with van der Waals surface area (Å²) in [4.78, 5) is 4.01. The highest BCUT2D eigenvalue weighted by atomic mass is 79.9. The first-order valence-corrected chi connectivity index (χ1v) is 6.10. The minimum atomic E-state index is -0.405. The van der Waals surface area contributed by atoms with Crippen LogP contribution in [-0.2, 0) is 6.61 Å². The lowest BCUT2D eigenvalue weighted by atomic mass is 10.3. The van der Waals surface area contributed by atoms with Crippen LogP contribution in [0.1, 0.15) is 5.69 Å². The van der Waals surface area contributed by atoms with Gasteiger partial charge in [0.25, 0.3) is 0 Å². The van der Waals surface area contributed by atoms with E-state index in [9.17, 15) is 4.39 Å². The highest BCUT2D eigenvalue weighted by Gasteiger charge is 2.05. The second-order valence-corrected chi connectivity index (χ2v) is 4.85. The molecule has 3 nitrogen and oxygen atoms in total. The minimum absolute atomic E-state index is 0.203. The highest BCUT2D eigenvalue weighted by molar-refractivity contribution is 9.10. The third kappa shape index (κ3) is 2.70. The van der Waals surface area contributed by atoms with Crippen molar-refractivity contribution in [2.24, 2.45) is 0 Å². The van der Waals surface area contributed by atoms with Crippen LogP contribution in [0, 0.1) is 5.82 Å². The summed E-state index contributed by atoms with van der Waals surface area (Å²) < 4.78 is 19.3. The van der Waals surface area contributed by atoms with Crippen molar-refractivity contribution in [3.05, 3.63) is 39.6 Å². The summed E-state index contributed by atoms with van der Waals surface area (Å²) in [7, 11) is 0. The van der Waals surface area contributed by atoms with Gasteiger partial charge in [0.05, 0.1) is 5.69 Å². The Morgan fingerprint density at radius 1 is 1.50 bits per heavy atom. The summed E-state index contributed by atoms with van der Waals surface area (Å²) in [6.45, 7) is 0.215. The maximum Gasteiger partial charge on any atom is 0.180 e. The largest absolute Gasteiger partial charge is 0.484 e. The zero-order chi connectivity index (χ0) is 11.5. The number of nitrogens with two attached hydrogens (primary N) is 1. The van der Waals surface area contributed by atoms with E-state index in [0.717, 1.165) is 0 Å². The van der Waals surface area contributed by atoms with Crippen molar-refractivity contribution in [2.45, 2.75) is 6.61 Å². The van der Waals surface area contributed by atoms with E-state index >= 15 is 0 Å². The Bertz CT molecular complexity index is 503. The van der Waals surface area contributed by atoms with Gasteiger partial charge in [0, 0.05) is 9.85 Å². The first-order valence-electron chi connectivity index (χ1n) is 4.43. The molecule has 0 aliphatic rings. The molecule has 1 aromatic carbocycles. The van der Waals surface area contributed by atoms with Gasteiger partial charge in [-0.25, -0.2) is 9.37 Å². The first kappa shape index (κ1) is 11.3. The van der Waals surface area contributed by atoms with Crippen LogP contribution in [0.4, 0.5) is 9.52 Å². The summed E-state index contributed by atoms with van der Waals surface area (Å²) >= 11 is 4.50. The summed E-state index contributed by atoms with van der Waals surface area (Å²) in [5, 5.41) is 2.27. The number of benzene rings is 1. The minimum Gasteiger partial charge on any atom is -0.484 e. The summed E-state index contributed by atoms with van der Waals surface area (Å²) in [6, 6.07) is 4.63. The van der Waals surface area contributed by atoms with E-state index in [0.29, 0.717) is 15.3 Å². The number of nitrogen functional groups attached to an aromatic ring is 1. The van der Waals surface area contributed by atoms with Crippen LogP contribution >= 0.6 is 27.3 Å². The van der Waals surface area contributed by atoms with E-state index in [1.165, 1.54) is 17.4 Å². The molecule has 1 heterocycles. The molecule has 0 aliphatic heterocycles. The fourth-order valence-corrected chi connectivity index (χ4v) is 2.01. The van der Waals surface area contributed by atoms with Gasteiger partial charge >= 0.3 is 0 Å². The number of aromatic nitrogens is 1. The third-order valence-corrected chi connectivity index (χ3v) is 3.05. The molecule has 0 radical (unpaired) electrons. The monoisotopic (exact) mass is 302 g/mol. The molecule has 84 valence electrons. The van der Waals surface area contributed by atoms with Crippen LogP contribution in [0.3, 0.4) is 0 Å². The first-order chi connectivity index (χ1) is 7.65. The molecule has 2 aromatic rings. The molecule has 0 atom stereocenters. The molecule has 2 N–H and O–H groups in total. The fraction of sp³-hybridized carbons (Fsp3) is 0.100. The molecule has 0 unspecified atom stereocenters. The van der Waals surface area contributed by atoms with Crippen LogP contribution in [0.15, 0.2) is 28.1 Å². The normalized spacial score (nSPS) is 10.4. The lowest BCUT2D eigenvalue weighted by molar-refractivity contribution is 0.286. The molecule has 0 amide bonds. The topological polar surface area (TPSA) is 48.1 Å². The average Bonchev–Trinajstić information content (AvgIpc) is 2.63. The summed E-state index contributed by atoms with van der Waals surface area (Å²) in [5.41, 5.74) is 6.17. The predicted octanol–water partition coefficient (Wildman–Crippen LogP) is 3.21. The maximum absolute atomic E-state index is 13.4. The fourth-order valence-electron chi connectivity index (χ4n) is 1.13. The zero-order valence-electron chi connectivity index (χ0n) is 8.11. The summed E-state index contributed by atoms with van der Waals surface area (Å²) in [6.07, 6.45) is 0. The SMILES string of the molecule is Nc1nc(COc2ccc(Br)cc2F)cs1. The molecule has 0 bridgehead atoms. The van der Waals surface area contributed by atoms with Gasteiger partial charge in [-0.3, -0.25) is 0 Å². The molecule has 0 saturated carbocycles. The van der Waals surface area contributed by atoms with E-state index < -0.39 is 5.82 Å². The predicted molar refractivity (Wildman–Crippen MR) is 65.0 cm³/mol. The number of anilines is 1. The molecule has 1 aromatic heterocycles. The number of hydrogen-bond acceptors (Lipinski definition) is 4. The maximum atomic E-state index is 13.4. The smallest absolute Gasteiger partial charge is 0.180 e. The molecule has 6 heteroatoms. The molecular formula is C10H8BrFN2OS. The molecule has 0 aliphatic carbocycles. The number of thiazole rings is 1. The van der Waals surface area contributed by atoms with Crippen molar-refractivity contribution >= 4 is 32.4 Å². The van der Waals surface area contributed by atoms with Gasteiger partial charge in [-0.2, -0.15) is 0 Å². The highest BCUT2D eigenvalue weighted by Crippen LogP contribution is 2.22. The van der Waals surface area contributed by atoms with Crippen molar-refractivity contribution in [3.8, 4) is 5.75 Å². The van der Waals surface area contributed by atoms with Crippen LogP contribution in [-0.4, -0.2) is 4.98 Å². The van der Waals surface area contributed by atoms with Crippen LogP contribution in [0.5, 0.6) is 5.75 Å². The standard InChI is InChI=1S/C10H8BrFN2OS/c11-6-1-2-9(8(12)3-6)15-4-7-5-16-10(13)14-7/h1-3,5H,4H2,(H2,13,14). The van der Waals surface area contributed by atoms with Gasteiger partial charge in [0.15, 0.2) is 16.7 Å². The van der Waals surface area contributed by atoms with E-state index in [4.69, 9.17) is 10.5 Å². The quantitative estimate of drug-likeness (QED) is 0.947. The molecule has 2 rings (SSSR count). The van der Waals surface area contributed by atoms with Crippen molar-refractivity contribution in [1.29, 1.82) is 0 Å². The Hall–Kier alpha value is -1.14. The number of nitrogens with zero attached hydrogens (tertiary/aromatic N) is 1. The van der Waals surface area contributed by atoms with Crippen molar-refractivity contribution in [1.82, 2.24) is 4.98 Å². The molecule has 16 heavy (non-hydrogen) atoms. The van der Waals surface area contributed by atoms with Gasteiger partial charge in [-0.05, 0) is 18.2 Å². The number of rotatable bonds is 3. The van der Waals surface area contributed by atoms with Crippen molar-refractivity contribution in [3.63, 3.8) is 0 Å². The Morgan fingerprint density at radius 3 is 2.94 bits per heavy atom. The number of hydrogen-bond donors (Lipinski definition) is 1. The Morgan fingerprint density at radius 2 is 2.31 bits per heavy atom. The number of ether oxygens (including phenoxy) is 1. The van der Waals surface area contributed by atoms with Gasteiger partial charge in [0.2, 0.25) is 0 Å². The zero-order valence-corrected chi connectivity index (χ0v) is 10.5. The number of halogens is 2. The van der Waals surface area contributed by atoms with Crippen molar-refractivity contribution in [2.75, 3.05) is 5.73 Å². The molecule has 0 spiro atoms. The van der Waals surface area contributed by atoms with E-state index in [-0.39, 0.29) is 12.4 Å². The van der Waals surface area contributed by atoms with E-state index in [1.54, 1.807) is 17.5 Å². The summed E-state index contributed by atoms with van der Waals surface area (Å²) in [5.74, 6) is -0.202. The Labute approximate surface area is 104 Å². The average molecular weight is 303 g/mol. The van der Waals surface area contributed by atoms with Crippen LogP contribution in [0.25, 0.3) is 0 Å². The lowest BCUT2D eigenvalue weighted by Crippen LogP contribution is -1.98. The Balaban J connectivity index is 2.04. The van der Waals surface area contributed by atoms with Crippen LogP contribution < -0.4 is 10.5 Å². The van der Waals surface area contributed by atoms with E-state index in [1.807, 2.05) is 0 Å². The van der Waals surface area contributed by atoms with Crippen LogP contribution in [0.2, 0.25) is 0 Å². The van der Waals surface area contributed by atoms with Gasteiger partial charge in [-0.15, -0.1) is 11.3 Å². The molecular weight excluding hydrogens is 295 g/mol. The van der Waals surface area contributed by atoms with Gasteiger partial charge < -0.3 is 10.5 Å².